The molecule has 3 rings (SSSR count). The van der Waals surface area contributed by atoms with Crippen LogP contribution < -0.4 is 10.6 Å². The molecule has 0 saturated heterocycles. The molecule has 0 bridgehead atoms. The van der Waals surface area contributed by atoms with Gasteiger partial charge in [0.2, 0.25) is 5.91 Å². The maximum Gasteiger partial charge on any atom is 0.251 e. The molecule has 0 radical (unpaired) electrons. The van der Waals surface area contributed by atoms with E-state index in [4.69, 9.17) is 0 Å². The van der Waals surface area contributed by atoms with Gasteiger partial charge in [-0.2, -0.15) is 0 Å². The zero-order valence-corrected chi connectivity index (χ0v) is 14.3. The Morgan fingerprint density at radius 1 is 0.731 bits per heavy atom. The molecule has 3 aromatic rings. The smallest absolute Gasteiger partial charge is 0.251 e. The molecule has 0 fully saturated rings. The Labute approximate surface area is 152 Å². The molecule has 2 amide bonds. The van der Waals surface area contributed by atoms with E-state index in [0.717, 1.165) is 5.56 Å². The summed E-state index contributed by atoms with van der Waals surface area (Å²) in [6.45, 7) is 0. The van der Waals surface area contributed by atoms with Gasteiger partial charge in [-0.1, -0.05) is 66.7 Å². The second kappa shape index (κ2) is 8.62. The summed E-state index contributed by atoms with van der Waals surface area (Å²) in [5.74, 6) is -0.515. The highest BCUT2D eigenvalue weighted by molar-refractivity contribution is 6.01. The number of carbonyl (C=O) groups is 2. The summed E-state index contributed by atoms with van der Waals surface area (Å²) in [5, 5.41) is 5.72. The maximum absolute atomic E-state index is 12.8. The number of anilines is 1. The number of nitrogens with one attached hydrogen (secondary N) is 2. The van der Waals surface area contributed by atoms with Gasteiger partial charge in [0.15, 0.2) is 0 Å². The van der Waals surface area contributed by atoms with E-state index in [2.05, 4.69) is 10.6 Å². The third-order valence-electron chi connectivity index (χ3n) is 3.98. The number of hydrogen-bond acceptors (Lipinski definition) is 2. The first kappa shape index (κ1) is 17.4. The SMILES string of the molecule is O=C(NC(Cc1ccccc1)C(=O)Nc1ccccc1)c1ccccc1. The van der Waals surface area contributed by atoms with Crippen molar-refractivity contribution in [2.45, 2.75) is 12.5 Å². The lowest BCUT2D eigenvalue weighted by atomic mass is 10.0. The topological polar surface area (TPSA) is 58.2 Å². The summed E-state index contributed by atoms with van der Waals surface area (Å²) in [6.07, 6.45) is 0.415. The van der Waals surface area contributed by atoms with Crippen molar-refractivity contribution in [2.75, 3.05) is 5.32 Å². The average Bonchev–Trinajstić information content (AvgIpc) is 2.69. The van der Waals surface area contributed by atoms with Gasteiger partial charge < -0.3 is 10.6 Å². The summed E-state index contributed by atoms with van der Waals surface area (Å²) in [7, 11) is 0. The van der Waals surface area contributed by atoms with Crippen LogP contribution in [0.4, 0.5) is 5.69 Å². The fourth-order valence-electron chi connectivity index (χ4n) is 2.64. The molecule has 0 aliphatic carbocycles. The van der Waals surface area contributed by atoms with Crippen LogP contribution in [0.2, 0.25) is 0 Å². The van der Waals surface area contributed by atoms with Crippen LogP contribution in [-0.2, 0) is 11.2 Å². The Morgan fingerprint density at radius 2 is 1.27 bits per heavy atom. The molecule has 0 heterocycles. The van der Waals surface area contributed by atoms with Crippen LogP contribution in [0.25, 0.3) is 0 Å². The Bertz CT molecular complexity index is 849. The molecule has 3 aromatic carbocycles. The highest BCUT2D eigenvalue weighted by Crippen LogP contribution is 2.10. The summed E-state index contributed by atoms with van der Waals surface area (Å²) < 4.78 is 0. The van der Waals surface area contributed by atoms with E-state index >= 15 is 0 Å². The second-order valence-corrected chi connectivity index (χ2v) is 5.94. The number of carbonyl (C=O) groups excluding carboxylic acids is 2. The van der Waals surface area contributed by atoms with E-state index in [1.165, 1.54) is 0 Å². The van der Waals surface area contributed by atoms with Crippen molar-refractivity contribution >= 4 is 17.5 Å². The number of para-hydroxylation sites is 1. The summed E-state index contributed by atoms with van der Waals surface area (Å²) in [4.78, 5) is 25.3. The number of amides is 2. The number of rotatable bonds is 6. The lowest BCUT2D eigenvalue weighted by molar-refractivity contribution is -0.118. The van der Waals surface area contributed by atoms with E-state index in [1.807, 2.05) is 66.7 Å². The minimum absolute atomic E-state index is 0.246. The summed E-state index contributed by atoms with van der Waals surface area (Å²) >= 11 is 0. The van der Waals surface area contributed by atoms with Gasteiger partial charge in [-0.25, -0.2) is 0 Å². The van der Waals surface area contributed by atoms with E-state index in [0.29, 0.717) is 17.7 Å². The monoisotopic (exact) mass is 344 g/mol. The highest BCUT2D eigenvalue weighted by Gasteiger charge is 2.22. The molecule has 4 nitrogen and oxygen atoms in total. The van der Waals surface area contributed by atoms with Gasteiger partial charge >= 0.3 is 0 Å². The Kier molecular flexibility index (Phi) is 5.78. The summed E-state index contributed by atoms with van der Waals surface area (Å²) in [6, 6.07) is 27.1. The molecular formula is C22H20N2O2. The van der Waals surface area contributed by atoms with E-state index < -0.39 is 6.04 Å². The largest absolute Gasteiger partial charge is 0.340 e. The van der Waals surface area contributed by atoms with Crippen molar-refractivity contribution < 1.29 is 9.59 Å². The van der Waals surface area contributed by atoms with Crippen molar-refractivity contribution in [2.24, 2.45) is 0 Å². The van der Waals surface area contributed by atoms with Gasteiger partial charge in [0.05, 0.1) is 0 Å². The first-order valence-corrected chi connectivity index (χ1v) is 8.48. The van der Waals surface area contributed by atoms with Crippen LogP contribution in [0.5, 0.6) is 0 Å². The van der Waals surface area contributed by atoms with Crippen molar-refractivity contribution in [3.05, 3.63) is 102 Å². The third kappa shape index (κ3) is 4.80. The van der Waals surface area contributed by atoms with Crippen LogP contribution in [-0.4, -0.2) is 17.9 Å². The van der Waals surface area contributed by atoms with Gasteiger partial charge in [0, 0.05) is 17.7 Å². The van der Waals surface area contributed by atoms with Crippen LogP contribution in [0.15, 0.2) is 91.0 Å². The van der Waals surface area contributed by atoms with Gasteiger partial charge in [0.1, 0.15) is 6.04 Å². The van der Waals surface area contributed by atoms with Gasteiger partial charge in [0.25, 0.3) is 5.91 Å². The molecule has 0 spiro atoms. The summed E-state index contributed by atoms with van der Waals surface area (Å²) in [5.41, 5.74) is 2.21. The molecule has 0 aliphatic heterocycles. The van der Waals surface area contributed by atoms with E-state index in [1.54, 1.807) is 24.3 Å². The van der Waals surface area contributed by atoms with Gasteiger partial charge in [-0.3, -0.25) is 9.59 Å². The highest BCUT2D eigenvalue weighted by atomic mass is 16.2. The van der Waals surface area contributed by atoms with Crippen LogP contribution in [0.1, 0.15) is 15.9 Å². The quantitative estimate of drug-likeness (QED) is 0.717. The molecule has 0 saturated carbocycles. The number of benzene rings is 3. The predicted molar refractivity (Wildman–Crippen MR) is 103 cm³/mol. The van der Waals surface area contributed by atoms with E-state index in [-0.39, 0.29) is 11.8 Å². The van der Waals surface area contributed by atoms with Gasteiger partial charge in [-0.05, 0) is 29.8 Å². The molecule has 0 aromatic heterocycles. The van der Waals surface area contributed by atoms with Crippen molar-refractivity contribution in [1.29, 1.82) is 0 Å². The fraction of sp³-hybridized carbons (Fsp3) is 0.0909. The van der Waals surface area contributed by atoms with Crippen molar-refractivity contribution in [1.82, 2.24) is 5.32 Å². The maximum atomic E-state index is 12.8. The lowest BCUT2D eigenvalue weighted by Crippen LogP contribution is -2.45. The van der Waals surface area contributed by atoms with Gasteiger partial charge in [-0.15, -0.1) is 0 Å². The number of hydrogen-bond donors (Lipinski definition) is 2. The molecule has 1 unspecified atom stereocenters. The molecule has 26 heavy (non-hydrogen) atoms. The Balaban J connectivity index is 1.76. The van der Waals surface area contributed by atoms with Crippen molar-refractivity contribution in [3.8, 4) is 0 Å². The zero-order valence-electron chi connectivity index (χ0n) is 14.3. The molecule has 1 atom stereocenters. The minimum atomic E-state index is -0.676. The van der Waals surface area contributed by atoms with Crippen LogP contribution >= 0.6 is 0 Å². The van der Waals surface area contributed by atoms with Crippen molar-refractivity contribution in [3.63, 3.8) is 0 Å². The Hall–Kier alpha value is -3.40. The van der Waals surface area contributed by atoms with E-state index in [9.17, 15) is 9.59 Å². The first-order valence-electron chi connectivity index (χ1n) is 8.48. The average molecular weight is 344 g/mol. The fourth-order valence-corrected chi connectivity index (χ4v) is 2.64. The first-order chi connectivity index (χ1) is 12.7. The third-order valence-corrected chi connectivity index (χ3v) is 3.98. The predicted octanol–water partition coefficient (Wildman–Crippen LogP) is 3.67. The Morgan fingerprint density at radius 3 is 1.88 bits per heavy atom. The molecule has 0 aliphatic rings. The lowest BCUT2D eigenvalue weighted by Gasteiger charge is -2.19. The van der Waals surface area contributed by atoms with Crippen LogP contribution in [0.3, 0.4) is 0 Å². The molecule has 130 valence electrons. The molecule has 4 heteroatoms. The molecule has 2 N–H and O–H groups in total. The second-order valence-electron chi connectivity index (χ2n) is 5.94. The van der Waals surface area contributed by atoms with Crippen LogP contribution in [0, 0.1) is 0 Å². The minimum Gasteiger partial charge on any atom is -0.340 e. The normalized spacial score (nSPS) is 11.4. The molecular weight excluding hydrogens is 324 g/mol. The standard InChI is InChI=1S/C22H20N2O2/c25-21(18-12-6-2-7-13-18)24-20(16-17-10-4-1-5-11-17)22(26)23-19-14-8-3-9-15-19/h1-15,20H,16H2,(H,23,26)(H,24,25). The zero-order chi connectivity index (χ0) is 18.2.